The lowest BCUT2D eigenvalue weighted by Crippen LogP contribution is -2.30. The average molecular weight is 1330 g/mol. The van der Waals surface area contributed by atoms with Crippen molar-refractivity contribution in [3.8, 4) is 0 Å². The van der Waals surface area contributed by atoms with Gasteiger partial charge in [-0.1, -0.05) is 311 Å². The first kappa shape index (κ1) is 88.1. The number of unbranched alkanes of at least 4 members (excludes halogenated alkanes) is 40. The van der Waals surface area contributed by atoms with Gasteiger partial charge in [0.1, 0.15) is 19.3 Å². The maximum atomic E-state index is 13.0. The maximum absolute atomic E-state index is 13.0. The number of hydrogen-bond donors (Lipinski definition) is 3. The van der Waals surface area contributed by atoms with Gasteiger partial charge in [-0.15, -0.1) is 0 Å². The molecule has 0 aromatic carbocycles. The molecule has 2 unspecified atom stereocenters. The second-order valence-corrected chi connectivity index (χ2v) is 29.5. The average Bonchev–Trinajstić information content (AvgIpc) is 2.38. The first-order valence-electron chi connectivity index (χ1n) is 37.0. The van der Waals surface area contributed by atoms with Crippen LogP contribution in [0.4, 0.5) is 0 Å². The van der Waals surface area contributed by atoms with Gasteiger partial charge in [-0.05, 0) is 37.5 Å². The van der Waals surface area contributed by atoms with Gasteiger partial charge in [-0.25, -0.2) is 9.13 Å². The first-order chi connectivity index (χ1) is 43.4. The van der Waals surface area contributed by atoms with E-state index in [4.69, 9.17) is 37.0 Å². The van der Waals surface area contributed by atoms with Crippen molar-refractivity contribution in [3.63, 3.8) is 0 Å². The van der Waals surface area contributed by atoms with E-state index in [1.807, 2.05) is 0 Å². The topological polar surface area (TPSA) is 237 Å². The van der Waals surface area contributed by atoms with Gasteiger partial charge in [0, 0.05) is 25.7 Å². The quantitative estimate of drug-likeness (QED) is 0.0222. The highest BCUT2D eigenvalue weighted by atomic mass is 31.2. The molecule has 0 radical (unpaired) electrons. The summed E-state index contributed by atoms with van der Waals surface area (Å²) in [5.41, 5.74) is 0. The molecule has 0 spiro atoms. The summed E-state index contributed by atoms with van der Waals surface area (Å²) in [5, 5.41) is 10.6. The van der Waals surface area contributed by atoms with Crippen molar-refractivity contribution in [2.45, 2.75) is 381 Å². The van der Waals surface area contributed by atoms with Crippen LogP contribution in [-0.4, -0.2) is 96.7 Å². The SMILES string of the molecule is CCCCCCCCCCCCCC(=O)OC[C@H](COP(=O)(O)OC[C@@H](O)COP(=O)(O)OC[C@@H](COC(=O)CCCCCCCCCC(C)C)OC(=O)CCCCCCCCCCCCC)OC(=O)CCCCCCCCCCCCCCCCCC(C)C. The Morgan fingerprint density at radius 2 is 0.511 bits per heavy atom. The fraction of sp³-hybridized carbons (Fsp3) is 0.944. The Bertz CT molecular complexity index is 1750. The van der Waals surface area contributed by atoms with Crippen LogP contribution in [0.5, 0.6) is 0 Å². The van der Waals surface area contributed by atoms with Crippen LogP contribution >= 0.6 is 15.6 Å². The Balaban J connectivity index is 5.21. The molecule has 0 saturated carbocycles. The Morgan fingerprint density at radius 1 is 0.300 bits per heavy atom. The Morgan fingerprint density at radius 3 is 0.756 bits per heavy atom. The van der Waals surface area contributed by atoms with E-state index in [2.05, 4.69) is 41.5 Å². The molecular formula is C71H138O17P2. The molecule has 0 aromatic rings. The number of phosphoric acid groups is 2. The van der Waals surface area contributed by atoms with Crippen LogP contribution in [0.15, 0.2) is 0 Å². The van der Waals surface area contributed by atoms with Crippen LogP contribution in [0.3, 0.4) is 0 Å². The van der Waals surface area contributed by atoms with Crippen molar-refractivity contribution >= 4 is 39.5 Å². The van der Waals surface area contributed by atoms with Crippen molar-refractivity contribution < 1.29 is 80.2 Å². The normalized spacial score (nSPS) is 14.1. The van der Waals surface area contributed by atoms with Crippen LogP contribution < -0.4 is 0 Å². The van der Waals surface area contributed by atoms with Crippen molar-refractivity contribution in [1.82, 2.24) is 0 Å². The van der Waals surface area contributed by atoms with E-state index in [9.17, 15) is 43.2 Å². The predicted octanol–water partition coefficient (Wildman–Crippen LogP) is 20.4. The van der Waals surface area contributed by atoms with E-state index in [1.165, 1.54) is 173 Å². The molecule has 17 nitrogen and oxygen atoms in total. The third-order valence-electron chi connectivity index (χ3n) is 16.5. The summed E-state index contributed by atoms with van der Waals surface area (Å²) in [6.45, 7) is 9.52. The molecule has 0 aliphatic rings. The molecule has 0 aromatic heterocycles. The van der Waals surface area contributed by atoms with Crippen LogP contribution in [0, 0.1) is 11.8 Å². The summed E-state index contributed by atoms with van der Waals surface area (Å²) < 4.78 is 68.3. The minimum atomic E-state index is -4.95. The second kappa shape index (κ2) is 63.1. The van der Waals surface area contributed by atoms with Gasteiger partial charge in [0.2, 0.25) is 0 Å². The Labute approximate surface area is 549 Å². The zero-order valence-electron chi connectivity index (χ0n) is 58.4. The number of hydrogen-bond acceptors (Lipinski definition) is 15. The summed E-state index contributed by atoms with van der Waals surface area (Å²) in [6.07, 6.45) is 48.6. The van der Waals surface area contributed by atoms with E-state index in [0.29, 0.717) is 31.6 Å². The van der Waals surface area contributed by atoms with Crippen LogP contribution in [0.25, 0.3) is 0 Å². The number of rotatable bonds is 70. The smallest absolute Gasteiger partial charge is 0.462 e. The fourth-order valence-corrected chi connectivity index (χ4v) is 12.3. The zero-order valence-corrected chi connectivity index (χ0v) is 60.2. The van der Waals surface area contributed by atoms with Gasteiger partial charge in [-0.3, -0.25) is 37.3 Å². The van der Waals surface area contributed by atoms with Crippen molar-refractivity contribution in [1.29, 1.82) is 0 Å². The highest BCUT2D eigenvalue weighted by Crippen LogP contribution is 2.45. The molecule has 3 N–H and O–H groups in total. The highest BCUT2D eigenvalue weighted by Gasteiger charge is 2.30. The number of aliphatic hydroxyl groups is 1. The molecule has 0 aliphatic heterocycles. The van der Waals surface area contributed by atoms with Gasteiger partial charge in [0.15, 0.2) is 12.2 Å². The minimum absolute atomic E-state index is 0.106. The third-order valence-corrected chi connectivity index (χ3v) is 18.4. The Hall–Kier alpha value is -1.94. The lowest BCUT2D eigenvalue weighted by atomic mass is 10.0. The monoisotopic (exact) mass is 1320 g/mol. The first-order valence-corrected chi connectivity index (χ1v) is 40.0. The lowest BCUT2D eigenvalue weighted by molar-refractivity contribution is -0.161. The summed E-state index contributed by atoms with van der Waals surface area (Å²) >= 11 is 0. The molecule has 19 heteroatoms. The van der Waals surface area contributed by atoms with Gasteiger partial charge in [0.05, 0.1) is 26.4 Å². The number of esters is 4. The number of aliphatic hydroxyl groups excluding tert-OH is 1. The minimum Gasteiger partial charge on any atom is -0.462 e. The van der Waals surface area contributed by atoms with E-state index in [-0.39, 0.29) is 25.7 Å². The molecule has 0 heterocycles. The second-order valence-electron chi connectivity index (χ2n) is 26.6. The van der Waals surface area contributed by atoms with Gasteiger partial charge < -0.3 is 33.8 Å². The standard InChI is InChI=1S/C71H138O17P2/c1-7-9-11-13-15-17-24-29-35-41-47-53-68(73)81-59-66(87-71(76)56-50-44-37-31-27-23-21-19-20-22-26-28-33-39-45-51-63(3)4)61-85-89(77,78)83-57-65(72)58-84-90(79,80)86-62-67(60-82-69(74)54-48-42-38-32-34-40-46-52-64(5)6)88-70(75)55-49-43-36-30-25-18-16-14-12-10-8-2/h63-67,72H,7-62H2,1-6H3,(H,77,78)(H,79,80)/t65-,66-,67-/m1/s1. The molecule has 5 atom stereocenters. The van der Waals surface area contributed by atoms with Crippen molar-refractivity contribution in [2.75, 3.05) is 39.6 Å². The predicted molar refractivity (Wildman–Crippen MR) is 363 cm³/mol. The maximum Gasteiger partial charge on any atom is 0.472 e. The fourth-order valence-electron chi connectivity index (χ4n) is 10.8. The van der Waals surface area contributed by atoms with Crippen LogP contribution in [-0.2, 0) is 65.4 Å². The molecule has 0 fully saturated rings. The van der Waals surface area contributed by atoms with Gasteiger partial charge >= 0.3 is 39.5 Å². The lowest BCUT2D eigenvalue weighted by Gasteiger charge is -2.21. The van der Waals surface area contributed by atoms with E-state index in [0.717, 1.165) is 102 Å². The van der Waals surface area contributed by atoms with E-state index >= 15 is 0 Å². The molecule has 0 rings (SSSR count). The summed E-state index contributed by atoms with van der Waals surface area (Å²) in [7, 11) is -9.90. The van der Waals surface area contributed by atoms with Gasteiger partial charge in [0.25, 0.3) is 0 Å². The molecule has 90 heavy (non-hydrogen) atoms. The summed E-state index contributed by atoms with van der Waals surface area (Å²) in [5.74, 6) is -0.614. The van der Waals surface area contributed by atoms with Crippen molar-refractivity contribution in [3.05, 3.63) is 0 Å². The molecule has 0 bridgehead atoms. The molecular weight excluding hydrogens is 1190 g/mol. The third kappa shape index (κ3) is 64.8. The van der Waals surface area contributed by atoms with Crippen LogP contribution in [0.1, 0.15) is 363 Å². The largest absolute Gasteiger partial charge is 0.472 e. The van der Waals surface area contributed by atoms with Gasteiger partial charge in [-0.2, -0.15) is 0 Å². The van der Waals surface area contributed by atoms with E-state index in [1.54, 1.807) is 0 Å². The molecule has 0 amide bonds. The number of ether oxygens (including phenoxy) is 4. The Kier molecular flexibility index (Phi) is 61.8. The molecule has 534 valence electrons. The van der Waals surface area contributed by atoms with E-state index < -0.39 is 97.5 Å². The summed E-state index contributed by atoms with van der Waals surface area (Å²) in [6, 6.07) is 0. The number of carbonyl (C=O) groups is 4. The number of phosphoric ester groups is 2. The van der Waals surface area contributed by atoms with Crippen molar-refractivity contribution in [2.24, 2.45) is 11.8 Å². The molecule has 0 saturated heterocycles. The summed E-state index contributed by atoms with van der Waals surface area (Å²) in [4.78, 5) is 72.5. The van der Waals surface area contributed by atoms with Crippen LogP contribution in [0.2, 0.25) is 0 Å². The molecule has 0 aliphatic carbocycles. The highest BCUT2D eigenvalue weighted by molar-refractivity contribution is 7.47. The zero-order chi connectivity index (χ0) is 66.5. The number of carbonyl (C=O) groups excluding carboxylic acids is 4.